The van der Waals surface area contributed by atoms with Crippen LogP contribution in [-0.2, 0) is 10.0 Å². The average molecular weight is 243 g/mol. The lowest BCUT2D eigenvalue weighted by molar-refractivity contribution is 0.409. The van der Waals surface area contributed by atoms with E-state index in [4.69, 9.17) is 4.74 Å². The van der Waals surface area contributed by atoms with Gasteiger partial charge in [-0.25, -0.2) is 0 Å². The van der Waals surface area contributed by atoms with Crippen molar-refractivity contribution in [3.8, 4) is 5.75 Å². The van der Waals surface area contributed by atoms with Gasteiger partial charge in [-0.3, -0.25) is 5.01 Å². The van der Waals surface area contributed by atoms with Gasteiger partial charge in [-0.1, -0.05) is 5.22 Å². The number of methoxy groups -OCH3 is 1. The fourth-order valence-corrected chi connectivity index (χ4v) is 1.73. The molecule has 0 N–H and O–H groups in total. The van der Waals surface area contributed by atoms with Crippen LogP contribution in [0.25, 0.3) is 0 Å². The molecule has 0 aliphatic rings. The van der Waals surface area contributed by atoms with Gasteiger partial charge in [0.05, 0.1) is 12.0 Å². The summed E-state index contributed by atoms with van der Waals surface area (Å²) < 4.78 is 31.4. The van der Waals surface area contributed by atoms with E-state index in [1.807, 2.05) is 0 Å². The zero-order valence-corrected chi connectivity index (χ0v) is 10.1. The first-order valence-electron chi connectivity index (χ1n) is 4.45. The Morgan fingerprint density at radius 2 is 1.75 bits per heavy atom. The molecular formula is C9H13N3O3S. The Bertz CT molecular complexity index is 465. The molecule has 0 aliphatic carbocycles. The fraction of sp³-hybridized carbons (Fsp3) is 0.333. The lowest BCUT2D eigenvalue weighted by atomic mass is 10.3. The van der Waals surface area contributed by atoms with Gasteiger partial charge in [0.25, 0.3) is 0 Å². The summed E-state index contributed by atoms with van der Waals surface area (Å²) in [5.41, 5.74) is 0. The van der Waals surface area contributed by atoms with E-state index in [0.717, 1.165) is 0 Å². The molecule has 0 atom stereocenters. The summed E-state index contributed by atoms with van der Waals surface area (Å²) in [6, 6.07) is 5.95. The van der Waals surface area contributed by atoms with Crippen molar-refractivity contribution in [2.75, 3.05) is 21.2 Å². The summed E-state index contributed by atoms with van der Waals surface area (Å²) in [5.74, 6) is 0.587. The molecule has 0 bridgehead atoms. The molecule has 0 saturated heterocycles. The summed E-state index contributed by atoms with van der Waals surface area (Å²) in [7, 11) is 0.971. The third-order valence-corrected chi connectivity index (χ3v) is 2.84. The summed E-state index contributed by atoms with van der Waals surface area (Å²) in [5, 5.41) is 4.76. The standard InChI is InChI=1S/C9H13N3O3S/c1-12(2)10-11-16(13,14)9-6-4-8(15-3)5-7-9/h4-7H,1-3H3/b11-10+. The number of rotatable bonds is 4. The third kappa shape index (κ3) is 3.20. The van der Waals surface area contributed by atoms with Crippen LogP contribution in [0, 0.1) is 0 Å². The smallest absolute Gasteiger partial charge is 0.301 e. The van der Waals surface area contributed by atoms with Crippen LogP contribution in [0.2, 0.25) is 0 Å². The van der Waals surface area contributed by atoms with Crippen molar-refractivity contribution in [1.82, 2.24) is 5.01 Å². The van der Waals surface area contributed by atoms with Crippen molar-refractivity contribution < 1.29 is 13.2 Å². The topological polar surface area (TPSA) is 71.3 Å². The Balaban J connectivity index is 2.99. The second-order valence-corrected chi connectivity index (χ2v) is 4.75. The van der Waals surface area contributed by atoms with Gasteiger partial charge in [-0.15, -0.1) is 0 Å². The maximum absolute atomic E-state index is 11.6. The summed E-state index contributed by atoms with van der Waals surface area (Å²) >= 11 is 0. The molecule has 0 saturated carbocycles. The van der Waals surface area contributed by atoms with Crippen molar-refractivity contribution in [3.05, 3.63) is 24.3 Å². The minimum absolute atomic E-state index is 0.0823. The highest BCUT2D eigenvalue weighted by atomic mass is 32.2. The first kappa shape index (κ1) is 12.4. The lowest BCUT2D eigenvalue weighted by Crippen LogP contribution is -2.03. The molecule has 0 aliphatic heterocycles. The Hall–Kier alpha value is -1.63. The van der Waals surface area contributed by atoms with Gasteiger partial charge in [-0.2, -0.15) is 8.42 Å². The Morgan fingerprint density at radius 3 is 2.19 bits per heavy atom. The molecule has 0 unspecified atom stereocenters. The molecule has 88 valence electrons. The Morgan fingerprint density at radius 1 is 1.19 bits per heavy atom. The quantitative estimate of drug-likeness (QED) is 0.590. The van der Waals surface area contributed by atoms with Crippen LogP contribution in [0.3, 0.4) is 0 Å². The van der Waals surface area contributed by atoms with Crippen LogP contribution in [0.4, 0.5) is 0 Å². The van der Waals surface area contributed by atoms with E-state index in [1.165, 1.54) is 24.3 Å². The molecule has 0 aromatic heterocycles. The highest BCUT2D eigenvalue weighted by Gasteiger charge is 2.12. The average Bonchev–Trinajstić information content (AvgIpc) is 2.27. The molecule has 16 heavy (non-hydrogen) atoms. The van der Waals surface area contributed by atoms with E-state index in [1.54, 1.807) is 26.2 Å². The highest BCUT2D eigenvalue weighted by molar-refractivity contribution is 7.90. The SMILES string of the molecule is COc1ccc(S(=O)(=O)/N=N/N(C)C)cc1. The molecule has 0 spiro atoms. The van der Waals surface area contributed by atoms with E-state index in [2.05, 4.69) is 9.74 Å². The summed E-state index contributed by atoms with van der Waals surface area (Å²) in [4.78, 5) is 0.0823. The van der Waals surface area contributed by atoms with Crippen LogP contribution in [-0.4, -0.2) is 34.6 Å². The van der Waals surface area contributed by atoms with Crippen molar-refractivity contribution in [1.29, 1.82) is 0 Å². The van der Waals surface area contributed by atoms with Crippen LogP contribution in [0.1, 0.15) is 0 Å². The van der Waals surface area contributed by atoms with Gasteiger partial charge >= 0.3 is 10.0 Å². The van der Waals surface area contributed by atoms with Gasteiger partial charge in [0.15, 0.2) is 0 Å². The van der Waals surface area contributed by atoms with Gasteiger partial charge in [-0.05, 0) is 28.8 Å². The van der Waals surface area contributed by atoms with Crippen LogP contribution >= 0.6 is 0 Å². The first-order valence-corrected chi connectivity index (χ1v) is 5.89. The number of hydrogen-bond donors (Lipinski definition) is 0. The lowest BCUT2D eigenvalue weighted by Gasteiger charge is -2.02. The molecule has 0 heterocycles. The fourth-order valence-electron chi connectivity index (χ4n) is 0.916. The normalized spacial score (nSPS) is 11.7. The number of nitrogens with zero attached hydrogens (tertiary/aromatic N) is 3. The van der Waals surface area contributed by atoms with E-state index in [-0.39, 0.29) is 4.90 Å². The number of sulfonamides is 1. The molecule has 1 aromatic carbocycles. The summed E-state index contributed by atoms with van der Waals surface area (Å²) in [6.45, 7) is 0. The molecule has 6 nitrogen and oxygen atoms in total. The number of ether oxygens (including phenoxy) is 1. The van der Waals surface area contributed by atoms with Gasteiger partial charge in [0, 0.05) is 14.1 Å². The van der Waals surface area contributed by atoms with Gasteiger partial charge < -0.3 is 4.74 Å². The predicted molar refractivity (Wildman–Crippen MR) is 58.7 cm³/mol. The zero-order chi connectivity index (χ0) is 12.2. The maximum atomic E-state index is 11.6. The molecule has 0 amide bonds. The molecule has 7 heteroatoms. The number of hydrogen-bond acceptors (Lipinski definition) is 4. The first-order chi connectivity index (χ1) is 7.45. The van der Waals surface area contributed by atoms with Crippen molar-refractivity contribution in [3.63, 3.8) is 0 Å². The molecule has 1 rings (SSSR count). The zero-order valence-electron chi connectivity index (χ0n) is 9.28. The van der Waals surface area contributed by atoms with E-state index >= 15 is 0 Å². The largest absolute Gasteiger partial charge is 0.497 e. The van der Waals surface area contributed by atoms with Crippen molar-refractivity contribution in [2.24, 2.45) is 9.74 Å². The second kappa shape index (κ2) is 4.93. The maximum Gasteiger partial charge on any atom is 0.301 e. The number of benzene rings is 1. The van der Waals surface area contributed by atoms with Gasteiger partial charge in [0.2, 0.25) is 0 Å². The van der Waals surface area contributed by atoms with Crippen LogP contribution in [0.5, 0.6) is 5.75 Å². The molecular weight excluding hydrogens is 230 g/mol. The minimum atomic E-state index is -3.72. The van der Waals surface area contributed by atoms with Crippen LogP contribution < -0.4 is 4.74 Å². The van der Waals surface area contributed by atoms with Gasteiger partial charge in [0.1, 0.15) is 5.75 Å². The Kier molecular flexibility index (Phi) is 3.83. The second-order valence-electron chi connectivity index (χ2n) is 3.17. The molecule has 0 radical (unpaired) electrons. The molecule has 0 fully saturated rings. The highest BCUT2D eigenvalue weighted by Crippen LogP contribution is 2.17. The summed E-state index contributed by atoms with van der Waals surface area (Å²) in [6.07, 6.45) is 0. The predicted octanol–water partition coefficient (Wildman–Crippen LogP) is 1.31. The minimum Gasteiger partial charge on any atom is -0.497 e. The van der Waals surface area contributed by atoms with E-state index in [9.17, 15) is 8.42 Å². The van der Waals surface area contributed by atoms with Crippen molar-refractivity contribution >= 4 is 10.0 Å². The van der Waals surface area contributed by atoms with Crippen molar-refractivity contribution in [2.45, 2.75) is 4.90 Å². The third-order valence-electron chi connectivity index (χ3n) is 1.68. The molecule has 1 aromatic rings. The Labute approximate surface area is 94.6 Å². The van der Waals surface area contributed by atoms with E-state index < -0.39 is 10.0 Å². The van der Waals surface area contributed by atoms with Crippen LogP contribution in [0.15, 0.2) is 38.9 Å². The monoisotopic (exact) mass is 243 g/mol. The van der Waals surface area contributed by atoms with E-state index in [0.29, 0.717) is 5.75 Å².